The average molecular weight is 428 g/mol. The predicted molar refractivity (Wildman–Crippen MR) is 141 cm³/mol. The van der Waals surface area contributed by atoms with Gasteiger partial charge in [-0.3, -0.25) is 0 Å². The number of nitrogens with zero attached hydrogens (tertiary/aromatic N) is 1. The van der Waals surface area contributed by atoms with Gasteiger partial charge in [-0.2, -0.15) is 0 Å². The molecule has 0 aromatic heterocycles. The molecule has 0 aliphatic carbocycles. The second-order valence-electron chi connectivity index (χ2n) is 12.9. The van der Waals surface area contributed by atoms with E-state index in [1.54, 1.807) is 0 Å². The Labute approximate surface area is 195 Å². The van der Waals surface area contributed by atoms with Gasteiger partial charge in [-0.05, 0) is 64.6 Å². The van der Waals surface area contributed by atoms with Crippen LogP contribution in [0.15, 0.2) is 60.7 Å². The highest BCUT2D eigenvalue weighted by atomic mass is 15.2. The lowest BCUT2D eigenvalue weighted by Gasteiger charge is -2.38. The van der Waals surface area contributed by atoms with E-state index in [0.29, 0.717) is 0 Å². The van der Waals surface area contributed by atoms with E-state index in [-0.39, 0.29) is 21.8 Å². The summed E-state index contributed by atoms with van der Waals surface area (Å²) in [7, 11) is 0. The minimum atomic E-state index is 0.0716. The van der Waals surface area contributed by atoms with Crippen molar-refractivity contribution in [3.63, 3.8) is 0 Å². The summed E-state index contributed by atoms with van der Waals surface area (Å²) in [5.41, 5.74) is 6.15. The lowest BCUT2D eigenvalue weighted by atomic mass is 9.76. The zero-order valence-electron chi connectivity index (χ0n) is 21.6. The van der Waals surface area contributed by atoms with Crippen LogP contribution in [-0.2, 0) is 16.2 Å². The highest BCUT2D eigenvalue weighted by Gasteiger charge is 2.48. The first-order valence-corrected chi connectivity index (χ1v) is 12.1. The number of benzene rings is 3. The van der Waals surface area contributed by atoms with E-state index in [2.05, 4.69) is 128 Å². The van der Waals surface area contributed by atoms with Crippen LogP contribution in [0.1, 0.15) is 85.4 Å². The van der Waals surface area contributed by atoms with Gasteiger partial charge in [-0.15, -0.1) is 0 Å². The summed E-state index contributed by atoms with van der Waals surface area (Å²) in [5, 5.41) is 2.74. The third-order valence-corrected chi connectivity index (χ3v) is 7.46. The van der Waals surface area contributed by atoms with Crippen molar-refractivity contribution < 1.29 is 0 Å². The monoisotopic (exact) mass is 427 g/mol. The molecule has 32 heavy (non-hydrogen) atoms. The van der Waals surface area contributed by atoms with E-state index >= 15 is 0 Å². The topological polar surface area (TPSA) is 3.24 Å². The molecule has 0 bridgehead atoms. The second-order valence-corrected chi connectivity index (χ2v) is 12.9. The standard InChI is InChI=1S/C31H41N/c1-28(2,3)23-17-18-26(29(4,5)6)27(19-23)32-21-31(9,20-30(32,7)8)25-16-12-14-22-13-10-11-15-24(22)25/h10-19H,20-21H2,1-9H3. The Morgan fingerprint density at radius 2 is 1.41 bits per heavy atom. The molecule has 0 radical (unpaired) electrons. The van der Waals surface area contributed by atoms with Gasteiger partial charge in [-0.1, -0.05) is 103 Å². The normalized spacial score (nSPS) is 21.3. The molecule has 1 aliphatic heterocycles. The fourth-order valence-electron chi connectivity index (χ4n) is 5.87. The fraction of sp³-hybridized carbons (Fsp3) is 0.484. The molecular weight excluding hydrogens is 386 g/mol. The van der Waals surface area contributed by atoms with Crippen LogP contribution in [0.25, 0.3) is 10.8 Å². The molecule has 170 valence electrons. The van der Waals surface area contributed by atoms with Crippen LogP contribution < -0.4 is 4.90 Å². The zero-order chi connectivity index (χ0) is 23.5. The molecule has 3 aromatic carbocycles. The largest absolute Gasteiger partial charge is 0.365 e. The SMILES string of the molecule is CC(C)(C)c1ccc(C(C)(C)C)c(N2CC(C)(c3cccc4ccccc34)CC2(C)C)c1. The van der Waals surface area contributed by atoms with Crippen LogP contribution in [0.5, 0.6) is 0 Å². The van der Waals surface area contributed by atoms with Crippen molar-refractivity contribution in [2.75, 3.05) is 11.4 Å². The van der Waals surface area contributed by atoms with Gasteiger partial charge in [0.25, 0.3) is 0 Å². The van der Waals surface area contributed by atoms with E-state index in [9.17, 15) is 0 Å². The molecule has 4 rings (SSSR count). The Balaban J connectivity index is 1.87. The number of anilines is 1. The zero-order valence-corrected chi connectivity index (χ0v) is 21.6. The first kappa shape index (κ1) is 22.9. The van der Waals surface area contributed by atoms with Crippen LogP contribution in [0.4, 0.5) is 5.69 Å². The Bertz CT molecular complexity index is 1130. The van der Waals surface area contributed by atoms with E-state index in [4.69, 9.17) is 0 Å². The highest BCUT2D eigenvalue weighted by Crippen LogP contribution is 2.49. The molecule has 0 N–H and O–H groups in total. The first-order chi connectivity index (χ1) is 14.7. The first-order valence-electron chi connectivity index (χ1n) is 12.1. The van der Waals surface area contributed by atoms with Gasteiger partial charge in [0.1, 0.15) is 0 Å². The van der Waals surface area contributed by atoms with Crippen molar-refractivity contribution >= 4 is 16.5 Å². The third kappa shape index (κ3) is 3.96. The van der Waals surface area contributed by atoms with Crippen molar-refractivity contribution in [3.8, 4) is 0 Å². The van der Waals surface area contributed by atoms with Gasteiger partial charge >= 0.3 is 0 Å². The molecule has 0 amide bonds. The Kier molecular flexibility index (Phi) is 5.27. The molecular formula is C31H41N. The van der Waals surface area contributed by atoms with E-state index in [1.807, 2.05) is 0 Å². The van der Waals surface area contributed by atoms with Crippen molar-refractivity contribution in [3.05, 3.63) is 77.4 Å². The van der Waals surface area contributed by atoms with Gasteiger partial charge < -0.3 is 4.90 Å². The molecule has 1 unspecified atom stereocenters. The number of hydrogen-bond donors (Lipinski definition) is 0. The lowest BCUT2D eigenvalue weighted by Crippen LogP contribution is -2.40. The van der Waals surface area contributed by atoms with E-state index < -0.39 is 0 Å². The van der Waals surface area contributed by atoms with Crippen LogP contribution in [0, 0.1) is 0 Å². The maximum atomic E-state index is 2.71. The molecule has 1 heteroatoms. The van der Waals surface area contributed by atoms with Crippen molar-refractivity contribution in [1.82, 2.24) is 0 Å². The molecule has 0 spiro atoms. The molecule has 1 nitrogen and oxygen atoms in total. The maximum Gasteiger partial charge on any atom is 0.0411 e. The van der Waals surface area contributed by atoms with Crippen molar-refractivity contribution in [2.24, 2.45) is 0 Å². The van der Waals surface area contributed by atoms with E-state index in [0.717, 1.165) is 13.0 Å². The number of rotatable bonds is 2. The third-order valence-electron chi connectivity index (χ3n) is 7.46. The van der Waals surface area contributed by atoms with Crippen LogP contribution in [0.3, 0.4) is 0 Å². The predicted octanol–water partition coefficient (Wildman–Crippen LogP) is 8.38. The van der Waals surface area contributed by atoms with E-state index in [1.165, 1.54) is 33.2 Å². The summed E-state index contributed by atoms with van der Waals surface area (Å²) >= 11 is 0. The number of hydrogen-bond acceptors (Lipinski definition) is 1. The fourth-order valence-corrected chi connectivity index (χ4v) is 5.87. The summed E-state index contributed by atoms with van der Waals surface area (Å²) in [4.78, 5) is 2.71. The second kappa shape index (κ2) is 7.37. The molecule has 0 saturated carbocycles. The van der Waals surface area contributed by atoms with Crippen LogP contribution in [-0.4, -0.2) is 12.1 Å². The maximum absolute atomic E-state index is 2.71. The smallest absolute Gasteiger partial charge is 0.0411 e. The summed E-state index contributed by atoms with van der Waals surface area (Å²) < 4.78 is 0. The quantitative estimate of drug-likeness (QED) is 0.397. The Morgan fingerprint density at radius 1 is 0.750 bits per heavy atom. The Hall–Kier alpha value is -2.28. The summed E-state index contributed by atoms with van der Waals surface area (Å²) in [6.07, 6.45) is 1.14. The summed E-state index contributed by atoms with van der Waals surface area (Å²) in [6.45, 7) is 22.3. The van der Waals surface area contributed by atoms with Gasteiger partial charge in [0.2, 0.25) is 0 Å². The highest BCUT2D eigenvalue weighted by molar-refractivity contribution is 5.87. The molecule has 1 saturated heterocycles. The molecule has 1 atom stereocenters. The summed E-state index contributed by atoms with van der Waals surface area (Å²) in [6, 6.07) is 22.9. The molecule has 1 aliphatic rings. The van der Waals surface area contributed by atoms with Gasteiger partial charge in [-0.25, -0.2) is 0 Å². The molecule has 1 heterocycles. The van der Waals surface area contributed by atoms with Crippen LogP contribution in [0.2, 0.25) is 0 Å². The average Bonchev–Trinajstić information content (AvgIpc) is 2.95. The van der Waals surface area contributed by atoms with Gasteiger partial charge in [0.05, 0.1) is 0 Å². The Morgan fingerprint density at radius 3 is 2.06 bits per heavy atom. The lowest BCUT2D eigenvalue weighted by molar-refractivity contribution is 0.446. The minimum Gasteiger partial charge on any atom is -0.365 e. The van der Waals surface area contributed by atoms with Crippen molar-refractivity contribution in [2.45, 2.75) is 90.5 Å². The summed E-state index contributed by atoms with van der Waals surface area (Å²) in [5.74, 6) is 0. The van der Waals surface area contributed by atoms with Crippen molar-refractivity contribution in [1.29, 1.82) is 0 Å². The molecule has 1 fully saturated rings. The van der Waals surface area contributed by atoms with Gasteiger partial charge in [0, 0.05) is 23.2 Å². The number of fused-ring (bicyclic) bond motifs is 1. The molecule has 3 aromatic rings. The van der Waals surface area contributed by atoms with Gasteiger partial charge in [0.15, 0.2) is 0 Å². The minimum absolute atomic E-state index is 0.0716. The van der Waals surface area contributed by atoms with Crippen LogP contribution >= 0.6 is 0 Å².